The Kier molecular flexibility index (Phi) is 7.65. The number of aryl methyl sites for hydroxylation is 2. The van der Waals surface area contributed by atoms with Crippen LogP contribution in [0.4, 0.5) is 4.39 Å². The minimum atomic E-state index is -0.830. The molecule has 1 aliphatic rings. The molecule has 2 aromatic carbocycles. The van der Waals surface area contributed by atoms with Crippen LogP contribution >= 0.6 is 11.6 Å². The number of hydrogen-bond donors (Lipinski definition) is 2. The van der Waals surface area contributed by atoms with E-state index in [-0.39, 0.29) is 24.2 Å². The number of carboxylic acid groups (broad SMARTS) is 1. The van der Waals surface area contributed by atoms with Gasteiger partial charge in [-0.1, -0.05) is 17.7 Å². The van der Waals surface area contributed by atoms with Crippen LogP contribution in [0.5, 0.6) is 0 Å². The molecule has 38 heavy (non-hydrogen) atoms. The van der Waals surface area contributed by atoms with Crippen molar-refractivity contribution in [2.45, 2.75) is 51.0 Å². The summed E-state index contributed by atoms with van der Waals surface area (Å²) >= 11 is 6.16. The maximum Gasteiger partial charge on any atom is 0.303 e. The van der Waals surface area contributed by atoms with Gasteiger partial charge in [-0.3, -0.25) is 9.59 Å². The molecule has 0 radical (unpaired) electrons. The Morgan fingerprint density at radius 1 is 1.08 bits per heavy atom. The highest BCUT2D eigenvalue weighted by atomic mass is 35.5. The van der Waals surface area contributed by atoms with Gasteiger partial charge >= 0.3 is 5.97 Å². The molecule has 1 aliphatic carbocycles. The molecule has 1 atom stereocenters. The average Bonchev–Trinajstić information content (AvgIpc) is 2.90. The summed E-state index contributed by atoms with van der Waals surface area (Å²) in [6.45, 7) is 0. The largest absolute Gasteiger partial charge is 0.481 e. The molecule has 6 nitrogen and oxygen atoms in total. The average molecular weight is 532 g/mol. The lowest BCUT2D eigenvalue weighted by molar-refractivity contribution is -0.137. The third-order valence-corrected chi connectivity index (χ3v) is 7.17. The summed E-state index contributed by atoms with van der Waals surface area (Å²) in [4.78, 5) is 33.4. The molecule has 1 amide bonds. The van der Waals surface area contributed by atoms with E-state index in [0.29, 0.717) is 46.6 Å². The maximum absolute atomic E-state index is 13.5. The Morgan fingerprint density at radius 2 is 1.89 bits per heavy atom. The fourth-order valence-electron chi connectivity index (χ4n) is 5.05. The van der Waals surface area contributed by atoms with Crippen molar-refractivity contribution in [3.05, 3.63) is 93.9 Å². The van der Waals surface area contributed by atoms with E-state index < -0.39 is 5.97 Å². The molecule has 0 saturated carbocycles. The predicted molar refractivity (Wildman–Crippen MR) is 145 cm³/mol. The first-order valence-electron chi connectivity index (χ1n) is 12.7. The third-order valence-electron chi connectivity index (χ3n) is 6.94. The highest BCUT2D eigenvalue weighted by molar-refractivity contribution is 6.30. The number of nitrogens with one attached hydrogen (secondary N) is 1. The molecule has 0 fully saturated rings. The van der Waals surface area contributed by atoms with Crippen LogP contribution in [-0.4, -0.2) is 27.0 Å². The minimum Gasteiger partial charge on any atom is -0.481 e. The molecule has 194 valence electrons. The van der Waals surface area contributed by atoms with E-state index in [0.717, 1.165) is 41.5 Å². The number of halogens is 2. The van der Waals surface area contributed by atoms with Gasteiger partial charge < -0.3 is 10.4 Å². The molecular weight excluding hydrogens is 505 g/mol. The second-order valence-electron chi connectivity index (χ2n) is 9.64. The standard InChI is InChI=1S/C30H27ClFN3O3/c31-23-10-13-25-19(16-23)5-3-6-26(25)34-30(38)22-15-21-14-20(4-1-2-7-27(36)37)28(35-29(21)33-17-22)18-8-11-24(32)12-9-18/h8-17,26H,1-7H2,(H,34,38)(H,36,37). The fourth-order valence-corrected chi connectivity index (χ4v) is 5.24. The number of carbonyl (C=O) groups excluding carboxylic acids is 1. The van der Waals surface area contributed by atoms with Gasteiger partial charge in [0, 0.05) is 28.6 Å². The molecule has 0 bridgehead atoms. The SMILES string of the molecule is O=C(O)CCCCc1cc2cc(C(=O)NC3CCCc4cc(Cl)ccc43)cnc2nc1-c1ccc(F)cc1. The maximum atomic E-state index is 13.5. The van der Waals surface area contributed by atoms with Crippen LogP contribution in [0.2, 0.25) is 5.02 Å². The van der Waals surface area contributed by atoms with Crippen LogP contribution in [0.1, 0.15) is 65.2 Å². The van der Waals surface area contributed by atoms with E-state index in [4.69, 9.17) is 21.7 Å². The number of pyridine rings is 2. The first kappa shape index (κ1) is 25.8. The number of fused-ring (bicyclic) bond motifs is 2. The molecule has 2 N–H and O–H groups in total. The summed E-state index contributed by atoms with van der Waals surface area (Å²) in [6, 6.07) is 15.5. The number of nitrogens with zero attached hydrogens (tertiary/aromatic N) is 2. The van der Waals surface area contributed by atoms with Gasteiger partial charge in [0.15, 0.2) is 5.65 Å². The topological polar surface area (TPSA) is 92.2 Å². The van der Waals surface area contributed by atoms with Gasteiger partial charge in [-0.15, -0.1) is 0 Å². The molecule has 2 aromatic heterocycles. The Balaban J connectivity index is 1.43. The van der Waals surface area contributed by atoms with E-state index >= 15 is 0 Å². The summed E-state index contributed by atoms with van der Waals surface area (Å²) < 4.78 is 13.5. The molecule has 2 heterocycles. The highest BCUT2D eigenvalue weighted by Crippen LogP contribution is 2.32. The second-order valence-corrected chi connectivity index (χ2v) is 10.1. The van der Waals surface area contributed by atoms with Gasteiger partial charge in [-0.05, 0) is 104 Å². The smallest absolute Gasteiger partial charge is 0.303 e. The Bertz CT molecular complexity index is 1510. The summed E-state index contributed by atoms with van der Waals surface area (Å²) in [7, 11) is 0. The lowest BCUT2D eigenvalue weighted by Gasteiger charge is -2.26. The number of amides is 1. The van der Waals surface area contributed by atoms with Crippen molar-refractivity contribution in [3.8, 4) is 11.3 Å². The quantitative estimate of drug-likeness (QED) is 0.247. The lowest BCUT2D eigenvalue weighted by Crippen LogP contribution is -2.31. The van der Waals surface area contributed by atoms with E-state index in [1.54, 1.807) is 18.2 Å². The Hall–Kier alpha value is -3.84. The molecular formula is C30H27ClFN3O3. The highest BCUT2D eigenvalue weighted by Gasteiger charge is 2.23. The van der Waals surface area contributed by atoms with Crippen LogP contribution in [-0.2, 0) is 17.6 Å². The van der Waals surface area contributed by atoms with Crippen molar-refractivity contribution >= 4 is 34.5 Å². The summed E-state index contributed by atoms with van der Waals surface area (Å²) in [6.07, 6.45) is 6.17. The van der Waals surface area contributed by atoms with Gasteiger partial charge in [-0.25, -0.2) is 14.4 Å². The summed E-state index contributed by atoms with van der Waals surface area (Å²) in [5.41, 5.74) is 5.50. The van der Waals surface area contributed by atoms with Gasteiger partial charge in [0.1, 0.15) is 5.82 Å². The van der Waals surface area contributed by atoms with Gasteiger partial charge in [0.2, 0.25) is 0 Å². The van der Waals surface area contributed by atoms with E-state index in [2.05, 4.69) is 10.3 Å². The van der Waals surface area contributed by atoms with Gasteiger partial charge in [0.05, 0.1) is 17.3 Å². The van der Waals surface area contributed by atoms with Crippen molar-refractivity contribution < 1.29 is 19.1 Å². The van der Waals surface area contributed by atoms with Crippen LogP contribution in [0.15, 0.2) is 60.8 Å². The number of rotatable bonds is 8. The number of benzene rings is 2. The van der Waals surface area contributed by atoms with E-state index in [1.807, 2.05) is 24.3 Å². The molecule has 0 spiro atoms. The number of aliphatic carboxylic acids is 1. The van der Waals surface area contributed by atoms with Crippen molar-refractivity contribution in [2.75, 3.05) is 0 Å². The van der Waals surface area contributed by atoms with E-state index in [9.17, 15) is 14.0 Å². The zero-order chi connectivity index (χ0) is 26.6. The van der Waals surface area contributed by atoms with Crippen molar-refractivity contribution in [3.63, 3.8) is 0 Å². The number of aromatic nitrogens is 2. The molecule has 0 aliphatic heterocycles. The first-order valence-corrected chi connectivity index (χ1v) is 13.1. The van der Waals surface area contributed by atoms with Gasteiger partial charge in [0.25, 0.3) is 5.91 Å². The Morgan fingerprint density at radius 3 is 2.68 bits per heavy atom. The lowest BCUT2D eigenvalue weighted by atomic mass is 9.87. The van der Waals surface area contributed by atoms with Crippen LogP contribution in [0, 0.1) is 5.82 Å². The number of hydrogen-bond acceptors (Lipinski definition) is 4. The number of carbonyl (C=O) groups is 2. The first-order chi connectivity index (χ1) is 18.4. The third kappa shape index (κ3) is 5.83. The zero-order valence-corrected chi connectivity index (χ0v) is 21.5. The van der Waals surface area contributed by atoms with Crippen molar-refractivity contribution in [2.24, 2.45) is 0 Å². The fraction of sp³-hybridized carbons (Fsp3) is 0.267. The van der Waals surface area contributed by atoms with Crippen LogP contribution < -0.4 is 5.32 Å². The summed E-state index contributed by atoms with van der Waals surface area (Å²) in [5, 5.41) is 13.5. The van der Waals surface area contributed by atoms with E-state index in [1.165, 1.54) is 18.3 Å². The molecule has 1 unspecified atom stereocenters. The monoisotopic (exact) mass is 531 g/mol. The van der Waals surface area contributed by atoms with Crippen LogP contribution in [0.25, 0.3) is 22.3 Å². The molecule has 0 saturated heterocycles. The zero-order valence-electron chi connectivity index (χ0n) is 20.7. The normalized spacial score (nSPS) is 14.7. The number of unbranched alkanes of at least 4 members (excludes halogenated alkanes) is 1. The molecule has 4 aromatic rings. The predicted octanol–water partition coefficient (Wildman–Crippen LogP) is 6.69. The second kappa shape index (κ2) is 11.3. The number of carboxylic acids is 1. The van der Waals surface area contributed by atoms with Crippen LogP contribution in [0.3, 0.4) is 0 Å². The molecule has 5 rings (SSSR count). The summed E-state index contributed by atoms with van der Waals surface area (Å²) in [5.74, 6) is -1.38. The van der Waals surface area contributed by atoms with Crippen molar-refractivity contribution in [1.82, 2.24) is 15.3 Å². The van der Waals surface area contributed by atoms with Gasteiger partial charge in [-0.2, -0.15) is 0 Å². The van der Waals surface area contributed by atoms with Crippen molar-refractivity contribution in [1.29, 1.82) is 0 Å². The Labute approximate surface area is 224 Å². The molecule has 8 heteroatoms. The minimum absolute atomic E-state index is 0.0925.